The molecule has 0 aliphatic carbocycles. The smallest absolute Gasteiger partial charge is 0.244 e. The van der Waals surface area contributed by atoms with Crippen LogP contribution in [0.1, 0.15) is 39.7 Å². The van der Waals surface area contributed by atoms with Gasteiger partial charge in [0.15, 0.2) is 0 Å². The average molecular weight is 597 g/mol. The summed E-state index contributed by atoms with van der Waals surface area (Å²) in [5.74, 6) is -1.01. The van der Waals surface area contributed by atoms with Crippen LogP contribution >= 0.6 is 46.4 Å². The Labute approximate surface area is 232 Å². The molecule has 1 unspecified atom stereocenters. The molecule has 36 heavy (non-hydrogen) atoms. The Morgan fingerprint density at radius 3 is 2.08 bits per heavy atom. The summed E-state index contributed by atoms with van der Waals surface area (Å²) in [6.45, 7) is 6.58. The maximum atomic E-state index is 13.7. The topological polar surface area (TPSA) is 86.8 Å². The quantitative estimate of drug-likeness (QED) is 0.397. The molecular formula is C24H29Cl4N3O4S. The van der Waals surface area contributed by atoms with Crippen LogP contribution < -0.4 is 9.62 Å². The lowest BCUT2D eigenvalue weighted by atomic mass is 10.1. The molecule has 0 fully saturated rings. The highest BCUT2D eigenvalue weighted by atomic mass is 35.5. The summed E-state index contributed by atoms with van der Waals surface area (Å²) in [7, 11) is -3.96. The molecule has 2 aromatic rings. The van der Waals surface area contributed by atoms with Crippen LogP contribution in [0, 0.1) is 0 Å². The Hall–Kier alpha value is -1.71. The Kier molecular flexibility index (Phi) is 10.4. The second kappa shape index (κ2) is 12.2. The van der Waals surface area contributed by atoms with Crippen LogP contribution in [0.15, 0.2) is 36.4 Å². The molecule has 1 atom stereocenters. The van der Waals surface area contributed by atoms with Gasteiger partial charge in [0.2, 0.25) is 21.8 Å². The lowest BCUT2D eigenvalue weighted by Gasteiger charge is -2.34. The molecule has 0 bridgehead atoms. The van der Waals surface area contributed by atoms with Crippen LogP contribution in [-0.2, 0) is 26.2 Å². The van der Waals surface area contributed by atoms with Gasteiger partial charge in [0.1, 0.15) is 12.6 Å². The Balaban J connectivity index is 2.54. The van der Waals surface area contributed by atoms with Crippen molar-refractivity contribution in [3.05, 3.63) is 62.1 Å². The minimum Gasteiger partial charge on any atom is -0.350 e. The zero-order valence-corrected chi connectivity index (χ0v) is 24.5. The van der Waals surface area contributed by atoms with Crippen LogP contribution in [0.25, 0.3) is 0 Å². The highest BCUT2D eigenvalue weighted by molar-refractivity contribution is 7.92. The number of halogens is 4. The largest absolute Gasteiger partial charge is 0.350 e. The van der Waals surface area contributed by atoms with E-state index < -0.39 is 34.1 Å². The van der Waals surface area contributed by atoms with Crippen LogP contribution in [0.2, 0.25) is 20.1 Å². The fourth-order valence-electron chi connectivity index (χ4n) is 3.48. The van der Waals surface area contributed by atoms with Crippen LogP contribution in [-0.4, -0.2) is 49.5 Å². The summed E-state index contributed by atoms with van der Waals surface area (Å²) < 4.78 is 26.3. The Bertz CT molecular complexity index is 1230. The Morgan fingerprint density at radius 1 is 0.972 bits per heavy atom. The van der Waals surface area contributed by atoms with Crippen molar-refractivity contribution in [3.63, 3.8) is 0 Å². The fourth-order valence-corrected chi connectivity index (χ4v) is 5.24. The van der Waals surface area contributed by atoms with E-state index in [4.69, 9.17) is 46.4 Å². The maximum absolute atomic E-state index is 13.7. The van der Waals surface area contributed by atoms with E-state index in [1.54, 1.807) is 19.1 Å². The first-order valence-corrected chi connectivity index (χ1v) is 14.4. The van der Waals surface area contributed by atoms with Crippen LogP contribution in [0.5, 0.6) is 0 Å². The second-order valence-electron chi connectivity index (χ2n) is 9.29. The molecule has 2 amide bonds. The number of benzene rings is 2. The number of carbonyl (C=O) groups excluding carboxylic acids is 2. The van der Waals surface area contributed by atoms with Crippen molar-refractivity contribution < 1.29 is 18.0 Å². The van der Waals surface area contributed by atoms with Gasteiger partial charge in [0.05, 0.1) is 17.0 Å². The zero-order valence-electron chi connectivity index (χ0n) is 20.6. The summed E-state index contributed by atoms with van der Waals surface area (Å²) in [4.78, 5) is 28.2. The number of nitrogens with zero attached hydrogens (tertiary/aromatic N) is 2. The molecule has 0 spiro atoms. The van der Waals surface area contributed by atoms with Gasteiger partial charge in [-0.15, -0.1) is 0 Å². The molecule has 0 heterocycles. The summed E-state index contributed by atoms with van der Waals surface area (Å²) in [6.07, 6.45) is 1.23. The highest BCUT2D eigenvalue weighted by Gasteiger charge is 2.33. The molecule has 0 aromatic heterocycles. The summed E-state index contributed by atoms with van der Waals surface area (Å²) in [6, 6.07) is 8.22. The van der Waals surface area contributed by atoms with Gasteiger partial charge in [-0.2, -0.15) is 0 Å². The van der Waals surface area contributed by atoms with Crippen molar-refractivity contribution in [1.82, 2.24) is 10.2 Å². The molecule has 2 aromatic carbocycles. The predicted molar refractivity (Wildman–Crippen MR) is 148 cm³/mol. The van der Waals surface area contributed by atoms with Gasteiger partial charge < -0.3 is 10.2 Å². The molecule has 0 saturated carbocycles. The SMILES string of the molecule is CCC(C(=O)NC(C)(C)C)N(Cc1ccc(Cl)cc1Cl)C(=O)CN(c1cc(Cl)ccc1Cl)S(C)(=O)=O. The minimum atomic E-state index is -3.96. The minimum absolute atomic E-state index is 0.0498. The van der Waals surface area contributed by atoms with Crippen molar-refractivity contribution >= 4 is 73.9 Å². The van der Waals surface area contributed by atoms with Gasteiger partial charge >= 0.3 is 0 Å². The van der Waals surface area contributed by atoms with Crippen LogP contribution in [0.4, 0.5) is 5.69 Å². The first-order valence-electron chi connectivity index (χ1n) is 11.0. The highest BCUT2D eigenvalue weighted by Crippen LogP contribution is 2.31. The van der Waals surface area contributed by atoms with E-state index in [-0.39, 0.29) is 34.6 Å². The van der Waals surface area contributed by atoms with E-state index in [1.165, 1.54) is 29.2 Å². The van der Waals surface area contributed by atoms with Crippen LogP contribution in [0.3, 0.4) is 0 Å². The van der Waals surface area contributed by atoms with Gasteiger partial charge in [-0.3, -0.25) is 13.9 Å². The maximum Gasteiger partial charge on any atom is 0.244 e. The molecule has 0 aliphatic heterocycles. The van der Waals surface area contributed by atoms with Gasteiger partial charge in [-0.05, 0) is 63.1 Å². The number of hydrogen-bond acceptors (Lipinski definition) is 4. The van der Waals surface area contributed by atoms with E-state index in [1.807, 2.05) is 20.8 Å². The predicted octanol–water partition coefficient (Wildman–Crippen LogP) is 5.79. The number of nitrogens with one attached hydrogen (secondary N) is 1. The van der Waals surface area contributed by atoms with Gasteiger partial charge in [-0.25, -0.2) is 8.42 Å². The van der Waals surface area contributed by atoms with Crippen molar-refractivity contribution in [2.45, 2.75) is 52.2 Å². The van der Waals surface area contributed by atoms with Crippen molar-refractivity contribution in [2.24, 2.45) is 0 Å². The summed E-state index contributed by atoms with van der Waals surface area (Å²) in [5, 5.41) is 3.96. The third-order valence-electron chi connectivity index (χ3n) is 5.10. The van der Waals surface area contributed by atoms with Gasteiger partial charge in [0, 0.05) is 27.2 Å². The summed E-state index contributed by atoms with van der Waals surface area (Å²) >= 11 is 24.7. The van der Waals surface area contributed by atoms with E-state index in [9.17, 15) is 18.0 Å². The van der Waals surface area contributed by atoms with Gasteiger partial charge in [0.25, 0.3) is 0 Å². The molecule has 12 heteroatoms. The second-order valence-corrected chi connectivity index (χ2v) is 12.9. The van der Waals surface area contributed by atoms with E-state index in [2.05, 4.69) is 5.32 Å². The number of hydrogen-bond donors (Lipinski definition) is 1. The molecule has 7 nitrogen and oxygen atoms in total. The van der Waals surface area contributed by atoms with E-state index in [0.717, 1.165) is 10.6 Å². The third-order valence-corrected chi connectivity index (χ3v) is 7.36. The van der Waals surface area contributed by atoms with Crippen molar-refractivity contribution in [3.8, 4) is 0 Å². The standard InChI is InChI=1S/C24H29Cl4N3O4S/c1-6-20(23(33)29-24(2,3)4)30(13-15-7-8-16(25)11-19(15)28)22(32)14-31(36(5,34)35)21-12-17(26)9-10-18(21)27/h7-12,20H,6,13-14H2,1-5H3,(H,29,33). The number of carbonyl (C=O) groups is 2. The lowest BCUT2D eigenvalue weighted by molar-refractivity contribution is -0.141. The average Bonchev–Trinajstić information content (AvgIpc) is 2.73. The lowest BCUT2D eigenvalue weighted by Crippen LogP contribution is -2.55. The third kappa shape index (κ3) is 8.42. The first-order chi connectivity index (χ1) is 16.5. The monoisotopic (exact) mass is 595 g/mol. The van der Waals surface area contributed by atoms with Gasteiger partial charge in [-0.1, -0.05) is 59.4 Å². The Morgan fingerprint density at radius 2 is 1.56 bits per heavy atom. The molecule has 0 saturated heterocycles. The number of sulfonamides is 1. The normalized spacial score (nSPS) is 12.7. The number of rotatable bonds is 9. The molecule has 0 radical (unpaired) electrons. The number of anilines is 1. The molecule has 2 rings (SSSR count). The molecule has 198 valence electrons. The molecule has 0 aliphatic rings. The van der Waals surface area contributed by atoms with Crippen molar-refractivity contribution in [2.75, 3.05) is 17.1 Å². The zero-order chi connectivity index (χ0) is 27.4. The number of amides is 2. The van der Waals surface area contributed by atoms with E-state index in [0.29, 0.717) is 15.6 Å². The first kappa shape index (κ1) is 30.5. The summed E-state index contributed by atoms with van der Waals surface area (Å²) in [5.41, 5.74) is 0.0457. The molecular weight excluding hydrogens is 568 g/mol. The fraction of sp³-hybridized carbons (Fsp3) is 0.417. The molecule has 1 N–H and O–H groups in total. The van der Waals surface area contributed by atoms with E-state index >= 15 is 0 Å². The van der Waals surface area contributed by atoms with Crippen molar-refractivity contribution in [1.29, 1.82) is 0 Å².